The van der Waals surface area contributed by atoms with Crippen LogP contribution in [0.5, 0.6) is 5.75 Å². The lowest BCUT2D eigenvalue weighted by molar-refractivity contribution is -0.119. The summed E-state index contributed by atoms with van der Waals surface area (Å²) < 4.78 is 6.10. The Morgan fingerprint density at radius 1 is 1.22 bits per heavy atom. The first-order valence-corrected chi connectivity index (χ1v) is 7.85. The zero-order chi connectivity index (χ0) is 16.7. The molecule has 0 bridgehead atoms. The van der Waals surface area contributed by atoms with Gasteiger partial charge in [-0.3, -0.25) is 4.79 Å². The van der Waals surface area contributed by atoms with Gasteiger partial charge >= 0.3 is 0 Å². The van der Waals surface area contributed by atoms with Crippen molar-refractivity contribution in [2.75, 3.05) is 19.0 Å². The molecule has 0 aliphatic heterocycles. The Labute approximate surface area is 143 Å². The van der Waals surface area contributed by atoms with Gasteiger partial charge in [-0.15, -0.1) is 0 Å². The number of hydrogen-bond acceptors (Lipinski definition) is 4. The zero-order valence-electron chi connectivity index (χ0n) is 13.0. The van der Waals surface area contributed by atoms with Crippen molar-refractivity contribution in [3.05, 3.63) is 58.6 Å². The number of methoxy groups -OCH3 is 1. The second-order valence-electron chi connectivity index (χ2n) is 4.83. The van der Waals surface area contributed by atoms with Crippen molar-refractivity contribution < 1.29 is 9.53 Å². The number of anilines is 1. The maximum Gasteiger partial charge on any atom is 0.259 e. The van der Waals surface area contributed by atoms with Crippen LogP contribution in [-0.2, 0) is 4.79 Å². The highest BCUT2D eigenvalue weighted by Crippen LogP contribution is 2.16. The highest BCUT2D eigenvalue weighted by atomic mass is 79.9. The SMILES string of the molecule is COc1cccc(NCC(=O)N/N=C(/C)c2cccc(Br)c2)c1. The number of carbonyl (C=O) groups is 1. The third-order valence-corrected chi connectivity index (χ3v) is 3.61. The molecule has 0 fully saturated rings. The van der Waals surface area contributed by atoms with E-state index in [4.69, 9.17) is 4.74 Å². The summed E-state index contributed by atoms with van der Waals surface area (Å²) in [5, 5.41) is 7.14. The summed E-state index contributed by atoms with van der Waals surface area (Å²) in [6, 6.07) is 15.1. The first-order valence-electron chi connectivity index (χ1n) is 7.05. The number of benzene rings is 2. The summed E-state index contributed by atoms with van der Waals surface area (Å²) in [7, 11) is 1.60. The van der Waals surface area contributed by atoms with Crippen LogP contribution in [0.1, 0.15) is 12.5 Å². The fourth-order valence-corrected chi connectivity index (χ4v) is 2.28. The van der Waals surface area contributed by atoms with Crippen molar-refractivity contribution in [3.8, 4) is 5.75 Å². The van der Waals surface area contributed by atoms with Crippen molar-refractivity contribution in [1.82, 2.24) is 5.43 Å². The van der Waals surface area contributed by atoms with Gasteiger partial charge in [-0.25, -0.2) is 5.43 Å². The van der Waals surface area contributed by atoms with Gasteiger partial charge in [-0.2, -0.15) is 5.10 Å². The minimum absolute atomic E-state index is 0.127. The first-order chi connectivity index (χ1) is 11.1. The van der Waals surface area contributed by atoms with E-state index in [9.17, 15) is 4.79 Å². The van der Waals surface area contributed by atoms with E-state index in [2.05, 4.69) is 31.8 Å². The van der Waals surface area contributed by atoms with E-state index in [0.29, 0.717) is 0 Å². The third kappa shape index (κ3) is 5.41. The average molecular weight is 376 g/mol. The van der Waals surface area contributed by atoms with E-state index < -0.39 is 0 Å². The second-order valence-corrected chi connectivity index (χ2v) is 5.74. The molecule has 2 aromatic rings. The van der Waals surface area contributed by atoms with Crippen molar-refractivity contribution >= 4 is 33.2 Å². The summed E-state index contributed by atoms with van der Waals surface area (Å²) >= 11 is 3.41. The van der Waals surface area contributed by atoms with Gasteiger partial charge in [-0.05, 0) is 36.8 Å². The molecular formula is C17H18BrN3O2. The van der Waals surface area contributed by atoms with Crippen LogP contribution in [0.2, 0.25) is 0 Å². The molecule has 0 heterocycles. The van der Waals surface area contributed by atoms with E-state index in [-0.39, 0.29) is 12.5 Å². The van der Waals surface area contributed by atoms with Gasteiger partial charge in [0.15, 0.2) is 0 Å². The maximum atomic E-state index is 11.9. The molecule has 0 aliphatic carbocycles. The Kier molecular flexibility index (Phi) is 6.17. The summed E-state index contributed by atoms with van der Waals surface area (Å²) in [6.07, 6.45) is 0. The monoisotopic (exact) mass is 375 g/mol. The van der Waals surface area contributed by atoms with Crippen molar-refractivity contribution in [2.24, 2.45) is 5.10 Å². The molecule has 0 aliphatic rings. The first kappa shape index (κ1) is 17.0. The molecule has 2 N–H and O–H groups in total. The Morgan fingerprint density at radius 2 is 2.00 bits per heavy atom. The largest absolute Gasteiger partial charge is 0.497 e. The topological polar surface area (TPSA) is 62.7 Å². The predicted octanol–water partition coefficient (Wildman–Crippen LogP) is 3.41. The number of rotatable bonds is 6. The number of hydrazone groups is 1. The van der Waals surface area contributed by atoms with Crippen LogP contribution in [-0.4, -0.2) is 25.3 Å². The average Bonchev–Trinajstić information content (AvgIpc) is 2.58. The van der Waals surface area contributed by atoms with Crippen LogP contribution in [0, 0.1) is 0 Å². The number of halogens is 1. The van der Waals surface area contributed by atoms with Crippen LogP contribution < -0.4 is 15.5 Å². The molecule has 0 saturated carbocycles. The second kappa shape index (κ2) is 8.33. The van der Waals surface area contributed by atoms with Crippen LogP contribution in [0.15, 0.2) is 58.1 Å². The lowest BCUT2D eigenvalue weighted by Gasteiger charge is -2.07. The van der Waals surface area contributed by atoms with Gasteiger partial charge in [0.25, 0.3) is 5.91 Å². The Bertz CT molecular complexity index is 716. The molecule has 0 atom stereocenters. The highest BCUT2D eigenvalue weighted by molar-refractivity contribution is 9.10. The van der Waals surface area contributed by atoms with E-state index in [0.717, 1.165) is 27.2 Å². The molecule has 6 heteroatoms. The van der Waals surface area contributed by atoms with Crippen LogP contribution in [0.25, 0.3) is 0 Å². The molecule has 2 aromatic carbocycles. The Balaban J connectivity index is 1.88. The maximum absolute atomic E-state index is 11.9. The van der Waals surface area contributed by atoms with Gasteiger partial charge in [0.1, 0.15) is 5.75 Å². The summed E-state index contributed by atoms with van der Waals surface area (Å²) in [5.74, 6) is 0.515. The number of hydrogen-bond donors (Lipinski definition) is 2. The molecule has 0 spiro atoms. The standard InChI is InChI=1S/C17H18BrN3O2/c1-12(13-5-3-6-14(18)9-13)20-21-17(22)11-19-15-7-4-8-16(10-15)23-2/h3-10,19H,11H2,1-2H3,(H,21,22)/b20-12-. The van der Waals surface area contributed by atoms with Gasteiger partial charge in [0.05, 0.1) is 19.4 Å². The van der Waals surface area contributed by atoms with Gasteiger partial charge in [-0.1, -0.05) is 34.1 Å². The lowest BCUT2D eigenvalue weighted by Crippen LogP contribution is -2.26. The highest BCUT2D eigenvalue weighted by Gasteiger charge is 2.03. The molecule has 0 radical (unpaired) electrons. The van der Waals surface area contributed by atoms with E-state index in [1.807, 2.05) is 55.5 Å². The minimum Gasteiger partial charge on any atom is -0.497 e. The molecule has 0 unspecified atom stereocenters. The fourth-order valence-electron chi connectivity index (χ4n) is 1.88. The third-order valence-electron chi connectivity index (χ3n) is 3.11. The molecule has 2 rings (SSSR count). The van der Waals surface area contributed by atoms with Crippen LogP contribution >= 0.6 is 15.9 Å². The molecule has 1 amide bonds. The lowest BCUT2D eigenvalue weighted by atomic mass is 10.1. The minimum atomic E-state index is -0.220. The van der Waals surface area contributed by atoms with E-state index in [1.165, 1.54) is 0 Å². The summed E-state index contributed by atoms with van der Waals surface area (Å²) in [4.78, 5) is 11.9. The summed E-state index contributed by atoms with van der Waals surface area (Å²) in [6.45, 7) is 1.97. The summed E-state index contributed by atoms with van der Waals surface area (Å²) in [5.41, 5.74) is 5.03. The predicted molar refractivity (Wildman–Crippen MR) is 96.0 cm³/mol. The quantitative estimate of drug-likeness (QED) is 0.600. The number of nitrogens with one attached hydrogen (secondary N) is 2. The molecule has 0 aromatic heterocycles. The molecule has 0 saturated heterocycles. The van der Waals surface area contributed by atoms with Gasteiger partial charge < -0.3 is 10.1 Å². The smallest absolute Gasteiger partial charge is 0.259 e. The van der Waals surface area contributed by atoms with E-state index >= 15 is 0 Å². The van der Waals surface area contributed by atoms with Crippen LogP contribution in [0.3, 0.4) is 0 Å². The number of carbonyl (C=O) groups excluding carboxylic acids is 1. The van der Waals surface area contributed by atoms with Crippen molar-refractivity contribution in [1.29, 1.82) is 0 Å². The van der Waals surface area contributed by atoms with E-state index in [1.54, 1.807) is 7.11 Å². The number of nitrogens with zero attached hydrogens (tertiary/aromatic N) is 1. The Hall–Kier alpha value is -2.34. The molecule has 5 nitrogen and oxygen atoms in total. The Morgan fingerprint density at radius 3 is 2.74 bits per heavy atom. The number of amides is 1. The fraction of sp³-hybridized carbons (Fsp3) is 0.176. The normalized spacial score (nSPS) is 11.0. The van der Waals surface area contributed by atoms with Crippen molar-refractivity contribution in [3.63, 3.8) is 0 Å². The van der Waals surface area contributed by atoms with Gasteiger partial charge in [0, 0.05) is 16.2 Å². The zero-order valence-corrected chi connectivity index (χ0v) is 14.6. The molecular weight excluding hydrogens is 358 g/mol. The number of ether oxygens (including phenoxy) is 1. The molecule has 23 heavy (non-hydrogen) atoms. The van der Waals surface area contributed by atoms with Crippen LogP contribution in [0.4, 0.5) is 5.69 Å². The molecule has 120 valence electrons. The van der Waals surface area contributed by atoms with Crippen molar-refractivity contribution in [2.45, 2.75) is 6.92 Å². The van der Waals surface area contributed by atoms with Gasteiger partial charge in [0.2, 0.25) is 0 Å².